The molecule has 1 N–H and O–H groups in total. The Morgan fingerprint density at radius 2 is 1.75 bits per heavy atom. The maximum absolute atomic E-state index is 12.5. The summed E-state index contributed by atoms with van der Waals surface area (Å²) in [5.41, 5.74) is -0.234. The van der Waals surface area contributed by atoms with Gasteiger partial charge in [-0.2, -0.15) is 8.78 Å². The van der Waals surface area contributed by atoms with Crippen LogP contribution < -0.4 is 15.9 Å². The van der Waals surface area contributed by atoms with Crippen molar-refractivity contribution < 1.29 is 18.3 Å². The minimum Gasteiger partial charge on any atom is -0.435 e. The monoisotopic (exact) mass is 389 g/mol. The molecule has 1 amide bonds. The third-order valence-electron chi connectivity index (χ3n) is 4.17. The topological polar surface area (TPSA) is 84.4 Å². The maximum Gasteiger partial charge on any atom is 0.387 e. The van der Waals surface area contributed by atoms with E-state index < -0.39 is 23.6 Å². The lowest BCUT2D eigenvalue weighted by atomic mass is 10.2. The van der Waals surface area contributed by atoms with Gasteiger partial charge in [0.15, 0.2) is 0 Å². The molecule has 0 atom stereocenters. The van der Waals surface area contributed by atoms with Gasteiger partial charge in [0.1, 0.15) is 12.3 Å². The molecule has 2 aromatic carbocycles. The van der Waals surface area contributed by atoms with Crippen molar-refractivity contribution in [3.8, 4) is 5.75 Å². The van der Waals surface area contributed by atoms with E-state index in [4.69, 9.17) is 0 Å². The standard InChI is InChI=1S/C19H17F2N3O4/c1-23(10-12-6-8-13(9-7-12)28-19(20)21)16(25)11-24-18(27)15-5-3-2-4-14(15)17(26)22-24/h2-9,19H,10-11H2,1H3,(H,22,26). The number of carbonyl (C=O) groups excluding carboxylic acids is 1. The molecule has 3 aromatic rings. The summed E-state index contributed by atoms with van der Waals surface area (Å²) in [6.45, 7) is -3.04. The number of hydrogen-bond acceptors (Lipinski definition) is 4. The highest BCUT2D eigenvalue weighted by atomic mass is 19.3. The van der Waals surface area contributed by atoms with Crippen LogP contribution >= 0.6 is 0 Å². The number of carbonyl (C=O) groups is 1. The Kier molecular flexibility index (Phi) is 5.53. The SMILES string of the molecule is CN(Cc1ccc(OC(F)F)cc1)C(=O)Cn1[nH]c(=O)c2ccccc2c1=O. The van der Waals surface area contributed by atoms with E-state index >= 15 is 0 Å². The molecule has 0 fully saturated rings. The third kappa shape index (κ3) is 4.25. The fraction of sp³-hybridized carbons (Fsp3) is 0.211. The number of nitrogens with zero attached hydrogens (tertiary/aromatic N) is 2. The zero-order valence-electron chi connectivity index (χ0n) is 14.9. The van der Waals surface area contributed by atoms with Crippen LogP contribution in [0.15, 0.2) is 58.1 Å². The quantitative estimate of drug-likeness (QED) is 0.699. The number of aromatic nitrogens is 2. The van der Waals surface area contributed by atoms with E-state index in [9.17, 15) is 23.2 Å². The molecular formula is C19H17F2N3O4. The Labute approximate surface area is 157 Å². The molecular weight excluding hydrogens is 372 g/mol. The Hall–Kier alpha value is -3.49. The minimum absolute atomic E-state index is 0.0213. The second-order valence-electron chi connectivity index (χ2n) is 6.15. The van der Waals surface area contributed by atoms with Gasteiger partial charge in [-0.25, -0.2) is 4.68 Å². The lowest BCUT2D eigenvalue weighted by molar-refractivity contribution is -0.131. The number of amides is 1. The minimum atomic E-state index is -2.91. The predicted octanol–water partition coefficient (Wildman–Crippen LogP) is 1.95. The summed E-state index contributed by atoms with van der Waals surface area (Å²) in [6.07, 6.45) is 0. The number of ether oxygens (including phenoxy) is 1. The highest BCUT2D eigenvalue weighted by Gasteiger charge is 2.14. The number of benzene rings is 2. The van der Waals surface area contributed by atoms with Gasteiger partial charge in [-0.3, -0.25) is 19.5 Å². The Morgan fingerprint density at radius 1 is 1.11 bits per heavy atom. The maximum atomic E-state index is 12.5. The number of nitrogens with one attached hydrogen (secondary N) is 1. The first-order chi connectivity index (χ1) is 13.3. The average Bonchev–Trinajstić information content (AvgIpc) is 2.67. The molecule has 9 heteroatoms. The van der Waals surface area contributed by atoms with Gasteiger partial charge in [0.2, 0.25) is 5.91 Å². The van der Waals surface area contributed by atoms with E-state index in [1.807, 2.05) is 0 Å². The normalized spacial score (nSPS) is 11.0. The second-order valence-corrected chi connectivity index (χ2v) is 6.15. The van der Waals surface area contributed by atoms with Crippen molar-refractivity contribution in [3.63, 3.8) is 0 Å². The van der Waals surface area contributed by atoms with Crippen molar-refractivity contribution in [2.24, 2.45) is 0 Å². The molecule has 0 radical (unpaired) electrons. The lowest BCUT2D eigenvalue weighted by Crippen LogP contribution is -2.37. The molecule has 0 saturated heterocycles. The van der Waals surface area contributed by atoms with Crippen molar-refractivity contribution in [2.45, 2.75) is 19.7 Å². The fourth-order valence-electron chi connectivity index (χ4n) is 2.75. The van der Waals surface area contributed by atoms with Crippen molar-refractivity contribution in [1.82, 2.24) is 14.7 Å². The lowest BCUT2D eigenvalue weighted by Gasteiger charge is -2.18. The number of halogens is 2. The molecule has 1 heterocycles. The fourth-order valence-corrected chi connectivity index (χ4v) is 2.75. The van der Waals surface area contributed by atoms with E-state index in [0.717, 1.165) is 4.68 Å². The van der Waals surface area contributed by atoms with Gasteiger partial charge in [0.05, 0.1) is 10.8 Å². The van der Waals surface area contributed by atoms with Crippen LogP contribution in [0, 0.1) is 0 Å². The number of rotatable bonds is 6. The van der Waals surface area contributed by atoms with Crippen LogP contribution in [0.3, 0.4) is 0 Å². The first kappa shape index (κ1) is 19.3. The molecule has 0 unspecified atom stereocenters. The zero-order valence-corrected chi connectivity index (χ0v) is 14.9. The second kappa shape index (κ2) is 8.03. The molecule has 1 aromatic heterocycles. The number of likely N-dealkylation sites (N-methyl/N-ethyl adjacent to an activating group) is 1. The van der Waals surface area contributed by atoms with E-state index in [2.05, 4.69) is 9.84 Å². The van der Waals surface area contributed by atoms with E-state index in [0.29, 0.717) is 5.56 Å². The number of H-pyrrole nitrogens is 1. The highest BCUT2D eigenvalue weighted by Crippen LogP contribution is 2.15. The summed E-state index contributed by atoms with van der Waals surface area (Å²) in [5, 5.41) is 2.90. The molecule has 0 aliphatic heterocycles. The van der Waals surface area contributed by atoms with Crippen molar-refractivity contribution in [1.29, 1.82) is 0 Å². The Balaban J connectivity index is 1.72. The van der Waals surface area contributed by atoms with E-state index in [1.165, 1.54) is 36.2 Å². The number of hydrogen-bond donors (Lipinski definition) is 1. The van der Waals surface area contributed by atoms with Gasteiger partial charge < -0.3 is 9.64 Å². The summed E-state index contributed by atoms with van der Waals surface area (Å²) in [6, 6.07) is 12.2. The predicted molar refractivity (Wildman–Crippen MR) is 98.4 cm³/mol. The number of alkyl halides is 2. The molecule has 0 aliphatic carbocycles. The van der Waals surface area contributed by atoms with Crippen molar-refractivity contribution in [2.75, 3.05) is 7.05 Å². The molecule has 0 bridgehead atoms. The Bertz CT molecular complexity index is 1110. The summed E-state index contributed by atoms with van der Waals surface area (Å²) in [5.74, 6) is -0.381. The molecule has 28 heavy (non-hydrogen) atoms. The van der Waals surface area contributed by atoms with Crippen molar-refractivity contribution in [3.05, 3.63) is 74.8 Å². The first-order valence-corrected chi connectivity index (χ1v) is 8.34. The molecule has 0 saturated carbocycles. The van der Waals surface area contributed by atoms with E-state index in [-0.39, 0.29) is 29.6 Å². The van der Waals surface area contributed by atoms with Crippen LogP contribution in [0.4, 0.5) is 8.78 Å². The summed E-state index contributed by atoms with van der Waals surface area (Å²) < 4.78 is 29.6. The average molecular weight is 389 g/mol. The summed E-state index contributed by atoms with van der Waals surface area (Å²) in [7, 11) is 1.54. The van der Waals surface area contributed by atoms with Crippen LogP contribution in [0.5, 0.6) is 5.75 Å². The van der Waals surface area contributed by atoms with E-state index in [1.54, 1.807) is 24.3 Å². The Morgan fingerprint density at radius 3 is 2.39 bits per heavy atom. The van der Waals surface area contributed by atoms with Crippen molar-refractivity contribution >= 4 is 16.7 Å². The van der Waals surface area contributed by atoms with Crippen LogP contribution in [0.25, 0.3) is 10.8 Å². The number of aromatic amines is 1. The molecule has 3 rings (SSSR count). The van der Waals surface area contributed by atoms with Crippen LogP contribution in [-0.2, 0) is 17.9 Å². The highest BCUT2D eigenvalue weighted by molar-refractivity contribution is 5.81. The van der Waals surface area contributed by atoms with Crippen LogP contribution in [-0.4, -0.2) is 34.2 Å². The third-order valence-corrected chi connectivity index (χ3v) is 4.17. The molecule has 7 nitrogen and oxygen atoms in total. The summed E-state index contributed by atoms with van der Waals surface area (Å²) in [4.78, 5) is 38.4. The van der Waals surface area contributed by atoms with Crippen LogP contribution in [0.2, 0.25) is 0 Å². The van der Waals surface area contributed by atoms with Crippen LogP contribution in [0.1, 0.15) is 5.56 Å². The molecule has 0 aliphatic rings. The van der Waals surface area contributed by atoms with Gasteiger partial charge in [0.25, 0.3) is 11.1 Å². The number of fused-ring (bicyclic) bond motifs is 1. The van der Waals surface area contributed by atoms with Gasteiger partial charge in [0, 0.05) is 13.6 Å². The van der Waals surface area contributed by atoms with Gasteiger partial charge in [-0.05, 0) is 29.8 Å². The van der Waals surface area contributed by atoms with Gasteiger partial charge >= 0.3 is 6.61 Å². The zero-order chi connectivity index (χ0) is 20.3. The van der Waals surface area contributed by atoms with Gasteiger partial charge in [-0.1, -0.05) is 24.3 Å². The molecule has 0 spiro atoms. The largest absolute Gasteiger partial charge is 0.435 e. The molecule has 146 valence electrons. The first-order valence-electron chi connectivity index (χ1n) is 8.34. The van der Waals surface area contributed by atoms with Gasteiger partial charge in [-0.15, -0.1) is 0 Å². The smallest absolute Gasteiger partial charge is 0.387 e. The summed E-state index contributed by atoms with van der Waals surface area (Å²) >= 11 is 0.